The van der Waals surface area contributed by atoms with Gasteiger partial charge in [-0.05, 0) is 28.8 Å². The summed E-state index contributed by atoms with van der Waals surface area (Å²) in [7, 11) is -3.72. The third-order valence-corrected chi connectivity index (χ3v) is 8.18. The molecule has 0 saturated carbocycles. The van der Waals surface area contributed by atoms with Crippen molar-refractivity contribution in [3.05, 3.63) is 35.7 Å². The molecule has 0 bridgehead atoms. The van der Waals surface area contributed by atoms with Crippen LogP contribution >= 0.6 is 11.3 Å². The molecule has 1 amide bonds. The molecule has 0 N–H and O–H groups in total. The molecule has 11 nitrogen and oxygen atoms in total. The summed E-state index contributed by atoms with van der Waals surface area (Å²) >= 11 is 1.49. The molecule has 1 aromatic carbocycles. The predicted molar refractivity (Wildman–Crippen MR) is 119 cm³/mol. The van der Waals surface area contributed by atoms with Crippen LogP contribution in [-0.4, -0.2) is 83.1 Å². The number of tetrazole rings is 1. The molecular weight excluding hydrogens is 468 g/mol. The fraction of sp³-hybridized carbons (Fsp3) is 0.400. The Morgan fingerprint density at radius 3 is 2.61 bits per heavy atom. The number of aromatic nitrogens is 4. The second kappa shape index (κ2) is 9.08. The average Bonchev–Trinajstić information content (AvgIpc) is 3.46. The molecule has 33 heavy (non-hydrogen) atoms. The lowest BCUT2D eigenvalue weighted by atomic mass is 10.3. The van der Waals surface area contributed by atoms with Crippen LogP contribution < -0.4 is 9.47 Å². The normalized spacial score (nSPS) is 17.0. The SMILES string of the molecule is O=C(Cn1nnc(-c2cccs2)n1)N1CCN(S(=O)(=O)c2ccc3c(c2)OCCCO3)CC1. The lowest BCUT2D eigenvalue weighted by Gasteiger charge is -2.34. The highest BCUT2D eigenvalue weighted by Gasteiger charge is 2.31. The number of ether oxygens (including phenoxy) is 2. The first-order valence-corrected chi connectivity index (χ1v) is 12.8. The van der Waals surface area contributed by atoms with Gasteiger partial charge in [-0.3, -0.25) is 4.79 Å². The number of carbonyl (C=O) groups is 1. The number of nitrogens with zero attached hydrogens (tertiary/aromatic N) is 6. The molecular formula is C20H22N6O5S2. The Morgan fingerprint density at radius 2 is 1.85 bits per heavy atom. The zero-order valence-corrected chi connectivity index (χ0v) is 19.3. The third kappa shape index (κ3) is 4.56. The van der Waals surface area contributed by atoms with Gasteiger partial charge in [-0.25, -0.2) is 8.42 Å². The van der Waals surface area contributed by atoms with E-state index >= 15 is 0 Å². The Kier molecular flexibility index (Phi) is 6.00. The van der Waals surface area contributed by atoms with Gasteiger partial charge in [-0.15, -0.1) is 21.5 Å². The van der Waals surface area contributed by atoms with E-state index in [1.54, 1.807) is 11.0 Å². The largest absolute Gasteiger partial charge is 0.490 e. The van der Waals surface area contributed by atoms with E-state index in [2.05, 4.69) is 15.4 Å². The van der Waals surface area contributed by atoms with Crippen LogP contribution in [0.2, 0.25) is 0 Å². The number of thiophene rings is 1. The van der Waals surface area contributed by atoms with E-state index < -0.39 is 10.0 Å². The van der Waals surface area contributed by atoms with Gasteiger partial charge >= 0.3 is 0 Å². The zero-order chi connectivity index (χ0) is 22.8. The molecule has 1 saturated heterocycles. The average molecular weight is 491 g/mol. The maximum atomic E-state index is 13.1. The Balaban J connectivity index is 1.20. The van der Waals surface area contributed by atoms with Crippen molar-refractivity contribution in [2.45, 2.75) is 17.9 Å². The Labute approximate surface area is 194 Å². The van der Waals surface area contributed by atoms with Crippen molar-refractivity contribution in [3.8, 4) is 22.2 Å². The minimum absolute atomic E-state index is 0.0483. The molecule has 2 aliphatic heterocycles. The van der Waals surface area contributed by atoms with E-state index in [0.717, 1.165) is 11.3 Å². The maximum absolute atomic E-state index is 13.1. The van der Waals surface area contributed by atoms with Crippen LogP contribution in [0.1, 0.15) is 6.42 Å². The number of sulfonamides is 1. The van der Waals surface area contributed by atoms with E-state index in [0.29, 0.717) is 30.5 Å². The van der Waals surface area contributed by atoms with Gasteiger partial charge in [-0.1, -0.05) is 6.07 Å². The molecule has 0 unspecified atom stereocenters. The van der Waals surface area contributed by atoms with Gasteiger partial charge in [0.25, 0.3) is 0 Å². The molecule has 13 heteroatoms. The summed E-state index contributed by atoms with van der Waals surface area (Å²) in [5.41, 5.74) is 0. The highest BCUT2D eigenvalue weighted by atomic mass is 32.2. The summed E-state index contributed by atoms with van der Waals surface area (Å²) in [6.07, 6.45) is 0.742. The van der Waals surface area contributed by atoms with Crippen LogP contribution in [0.3, 0.4) is 0 Å². The van der Waals surface area contributed by atoms with E-state index in [9.17, 15) is 13.2 Å². The number of hydrogen-bond acceptors (Lipinski definition) is 9. The van der Waals surface area contributed by atoms with Gasteiger partial charge in [0.1, 0.15) is 6.54 Å². The highest BCUT2D eigenvalue weighted by molar-refractivity contribution is 7.89. The van der Waals surface area contributed by atoms with Crippen molar-refractivity contribution in [1.29, 1.82) is 0 Å². The third-order valence-electron chi connectivity index (χ3n) is 5.42. The van der Waals surface area contributed by atoms with Crippen LogP contribution in [0.4, 0.5) is 0 Å². The van der Waals surface area contributed by atoms with Crippen LogP contribution in [-0.2, 0) is 21.4 Å². The first-order chi connectivity index (χ1) is 16.0. The van der Waals surface area contributed by atoms with Crippen molar-refractivity contribution in [2.24, 2.45) is 0 Å². The molecule has 0 spiro atoms. The first kappa shape index (κ1) is 21.8. The molecule has 0 atom stereocenters. The van der Waals surface area contributed by atoms with Gasteiger partial charge in [0.15, 0.2) is 11.5 Å². The number of fused-ring (bicyclic) bond motifs is 1. The summed E-state index contributed by atoms with van der Waals surface area (Å²) in [4.78, 5) is 16.6. The number of rotatable bonds is 5. The lowest BCUT2D eigenvalue weighted by Crippen LogP contribution is -2.51. The van der Waals surface area contributed by atoms with Crippen molar-refractivity contribution < 1.29 is 22.7 Å². The minimum atomic E-state index is -3.72. The summed E-state index contributed by atoms with van der Waals surface area (Å²) in [5.74, 6) is 1.28. The number of piperazine rings is 1. The Bertz CT molecular complexity index is 1240. The molecule has 5 rings (SSSR count). The van der Waals surface area contributed by atoms with E-state index in [-0.39, 0.29) is 43.5 Å². The van der Waals surface area contributed by atoms with Crippen molar-refractivity contribution in [2.75, 3.05) is 39.4 Å². The van der Waals surface area contributed by atoms with Gasteiger partial charge < -0.3 is 14.4 Å². The number of hydrogen-bond donors (Lipinski definition) is 0. The quantitative estimate of drug-likeness (QED) is 0.521. The first-order valence-electron chi connectivity index (χ1n) is 10.5. The van der Waals surface area contributed by atoms with Gasteiger partial charge in [0.2, 0.25) is 21.8 Å². The topological polar surface area (TPSA) is 120 Å². The minimum Gasteiger partial charge on any atom is -0.490 e. The monoisotopic (exact) mass is 490 g/mol. The van der Waals surface area contributed by atoms with Crippen LogP contribution in [0.25, 0.3) is 10.7 Å². The molecule has 2 aliphatic rings. The maximum Gasteiger partial charge on any atom is 0.246 e. The lowest BCUT2D eigenvalue weighted by molar-refractivity contribution is -0.133. The summed E-state index contributed by atoms with van der Waals surface area (Å²) < 4.78 is 38.9. The van der Waals surface area contributed by atoms with Crippen molar-refractivity contribution >= 4 is 27.3 Å². The Hall–Kier alpha value is -3.03. The van der Waals surface area contributed by atoms with Gasteiger partial charge in [0.05, 0.1) is 23.0 Å². The van der Waals surface area contributed by atoms with Crippen LogP contribution in [0.5, 0.6) is 11.5 Å². The summed E-state index contributed by atoms with van der Waals surface area (Å²) in [6.45, 7) is 1.94. The summed E-state index contributed by atoms with van der Waals surface area (Å²) in [5, 5.41) is 14.1. The van der Waals surface area contributed by atoms with Crippen molar-refractivity contribution in [1.82, 2.24) is 29.4 Å². The molecule has 1 fully saturated rings. The molecule has 0 radical (unpaired) electrons. The molecule has 3 aromatic rings. The zero-order valence-electron chi connectivity index (χ0n) is 17.7. The standard InChI is InChI=1S/C20H22N6O5S2/c27-19(14-26-22-20(21-23-26)18-3-1-12-32-18)24-6-8-25(9-7-24)33(28,29)15-4-5-16-17(13-15)31-11-2-10-30-16/h1,3-5,12-13H,2,6-11,14H2. The van der Waals surface area contributed by atoms with Gasteiger partial charge in [-0.2, -0.15) is 9.10 Å². The number of carbonyl (C=O) groups excluding carboxylic acids is 1. The Morgan fingerprint density at radius 1 is 1.06 bits per heavy atom. The molecule has 0 aliphatic carbocycles. The molecule has 174 valence electrons. The van der Waals surface area contributed by atoms with E-state index in [1.807, 2.05) is 17.5 Å². The predicted octanol–water partition coefficient (Wildman–Crippen LogP) is 1.10. The second-order valence-corrected chi connectivity index (χ2v) is 10.5. The van der Waals surface area contributed by atoms with Gasteiger partial charge in [0, 0.05) is 38.7 Å². The molecule has 4 heterocycles. The second-order valence-electron chi connectivity index (χ2n) is 7.56. The molecule has 2 aromatic heterocycles. The summed E-state index contributed by atoms with van der Waals surface area (Å²) in [6, 6.07) is 8.45. The smallest absolute Gasteiger partial charge is 0.246 e. The van der Waals surface area contributed by atoms with E-state index in [1.165, 1.54) is 32.6 Å². The number of benzene rings is 1. The highest BCUT2D eigenvalue weighted by Crippen LogP contribution is 2.33. The number of amides is 1. The van der Waals surface area contributed by atoms with Crippen LogP contribution in [0.15, 0.2) is 40.6 Å². The van der Waals surface area contributed by atoms with Crippen LogP contribution in [0, 0.1) is 0 Å². The fourth-order valence-corrected chi connectivity index (χ4v) is 5.75. The van der Waals surface area contributed by atoms with Crippen molar-refractivity contribution in [3.63, 3.8) is 0 Å². The van der Waals surface area contributed by atoms with E-state index in [4.69, 9.17) is 9.47 Å². The fourth-order valence-electron chi connectivity index (χ4n) is 3.67.